The molecule has 86 valence electrons. The summed E-state index contributed by atoms with van der Waals surface area (Å²) < 4.78 is -1.26. The summed E-state index contributed by atoms with van der Waals surface area (Å²) in [6.07, 6.45) is 0. The molecule has 0 bridgehead atoms. The zero-order chi connectivity index (χ0) is 12.1. The van der Waals surface area contributed by atoms with Gasteiger partial charge in [-0.05, 0) is 17.7 Å². The zero-order valence-corrected chi connectivity index (χ0v) is 10.8. The Morgan fingerprint density at radius 1 is 1.25 bits per heavy atom. The molecule has 1 N–H and O–H groups in total. The van der Waals surface area contributed by atoms with Gasteiger partial charge < -0.3 is 5.11 Å². The standard InChI is InChI=1S/C10H6Cl4O2/c11-5-2-1-4(3-6(5)12)7-8(9(15)16)10(7,13)14/h1-3,7-8H,(H,15,16). The van der Waals surface area contributed by atoms with Crippen LogP contribution in [0.15, 0.2) is 18.2 Å². The van der Waals surface area contributed by atoms with Gasteiger partial charge >= 0.3 is 5.97 Å². The van der Waals surface area contributed by atoms with E-state index in [1.165, 1.54) is 0 Å². The molecule has 0 spiro atoms. The molecule has 2 atom stereocenters. The highest BCUT2D eigenvalue weighted by atomic mass is 35.5. The third kappa shape index (κ3) is 1.88. The number of hydrogen-bond acceptors (Lipinski definition) is 1. The van der Waals surface area contributed by atoms with Crippen molar-refractivity contribution in [3.05, 3.63) is 33.8 Å². The van der Waals surface area contributed by atoms with E-state index in [4.69, 9.17) is 51.5 Å². The third-order valence-corrected chi connectivity index (χ3v) is 4.30. The third-order valence-electron chi connectivity index (χ3n) is 2.62. The van der Waals surface area contributed by atoms with Crippen molar-refractivity contribution in [3.8, 4) is 0 Å². The number of hydrogen-bond donors (Lipinski definition) is 1. The quantitative estimate of drug-likeness (QED) is 0.839. The summed E-state index contributed by atoms with van der Waals surface area (Å²) in [5.41, 5.74) is 0.687. The van der Waals surface area contributed by atoms with Gasteiger partial charge in [-0.3, -0.25) is 4.79 Å². The van der Waals surface area contributed by atoms with Gasteiger partial charge in [0.1, 0.15) is 4.33 Å². The van der Waals surface area contributed by atoms with Gasteiger partial charge in [0.2, 0.25) is 0 Å². The summed E-state index contributed by atoms with van der Waals surface area (Å²) in [4.78, 5) is 10.9. The van der Waals surface area contributed by atoms with E-state index in [1.54, 1.807) is 18.2 Å². The van der Waals surface area contributed by atoms with Crippen molar-refractivity contribution in [2.75, 3.05) is 0 Å². The molecule has 0 aromatic heterocycles. The normalized spacial score (nSPS) is 26.5. The summed E-state index contributed by atoms with van der Waals surface area (Å²) in [5, 5.41) is 9.69. The summed E-state index contributed by atoms with van der Waals surface area (Å²) in [6.45, 7) is 0. The summed E-state index contributed by atoms with van der Waals surface area (Å²) in [6, 6.07) is 4.87. The van der Waals surface area contributed by atoms with Crippen molar-refractivity contribution < 1.29 is 9.90 Å². The first kappa shape index (κ1) is 12.3. The highest BCUT2D eigenvalue weighted by Gasteiger charge is 2.68. The number of alkyl halides is 2. The Hall–Kier alpha value is -0.150. The number of carbonyl (C=O) groups is 1. The van der Waals surface area contributed by atoms with E-state index in [9.17, 15) is 4.79 Å². The maximum Gasteiger partial charge on any atom is 0.310 e. The lowest BCUT2D eigenvalue weighted by molar-refractivity contribution is -0.138. The summed E-state index contributed by atoms with van der Waals surface area (Å²) in [7, 11) is 0. The fraction of sp³-hybridized carbons (Fsp3) is 0.300. The van der Waals surface area contributed by atoms with Crippen molar-refractivity contribution in [1.82, 2.24) is 0 Å². The molecule has 2 nitrogen and oxygen atoms in total. The van der Waals surface area contributed by atoms with E-state index in [2.05, 4.69) is 0 Å². The average Bonchev–Trinajstić information content (AvgIpc) is 2.74. The van der Waals surface area contributed by atoms with Crippen LogP contribution in [0.3, 0.4) is 0 Å². The molecule has 0 saturated heterocycles. The Labute approximate surface area is 112 Å². The van der Waals surface area contributed by atoms with Crippen molar-refractivity contribution in [3.63, 3.8) is 0 Å². The van der Waals surface area contributed by atoms with Crippen LogP contribution in [0.2, 0.25) is 10.0 Å². The van der Waals surface area contributed by atoms with Crippen LogP contribution >= 0.6 is 46.4 Å². The zero-order valence-electron chi connectivity index (χ0n) is 7.75. The Balaban J connectivity index is 2.33. The van der Waals surface area contributed by atoms with Gasteiger partial charge in [0.15, 0.2) is 0 Å². The molecule has 2 rings (SSSR count). The van der Waals surface area contributed by atoms with Crippen LogP contribution in [0, 0.1) is 5.92 Å². The van der Waals surface area contributed by atoms with Crippen molar-refractivity contribution in [1.29, 1.82) is 0 Å². The Kier molecular flexibility index (Phi) is 3.04. The van der Waals surface area contributed by atoms with Crippen LogP contribution in [0.4, 0.5) is 0 Å². The van der Waals surface area contributed by atoms with Gasteiger partial charge in [0.05, 0.1) is 16.0 Å². The predicted molar refractivity (Wildman–Crippen MR) is 64.8 cm³/mol. The topological polar surface area (TPSA) is 37.3 Å². The smallest absolute Gasteiger partial charge is 0.310 e. The van der Waals surface area contributed by atoms with Crippen molar-refractivity contribution in [2.45, 2.75) is 10.3 Å². The minimum atomic E-state index is -1.26. The molecule has 1 saturated carbocycles. The molecule has 1 aromatic carbocycles. The van der Waals surface area contributed by atoms with Gasteiger partial charge in [0, 0.05) is 5.92 Å². The van der Waals surface area contributed by atoms with Crippen LogP contribution in [0.1, 0.15) is 11.5 Å². The molecular formula is C10H6Cl4O2. The second-order valence-electron chi connectivity index (χ2n) is 3.64. The minimum absolute atomic E-state index is 0.360. The number of carboxylic acids is 1. The summed E-state index contributed by atoms with van der Waals surface area (Å²) in [5.74, 6) is -2.25. The van der Waals surface area contributed by atoms with E-state index in [1.807, 2.05) is 0 Å². The lowest BCUT2D eigenvalue weighted by Crippen LogP contribution is -2.03. The molecule has 0 radical (unpaired) electrons. The number of rotatable bonds is 2. The minimum Gasteiger partial charge on any atom is -0.481 e. The van der Waals surface area contributed by atoms with E-state index >= 15 is 0 Å². The van der Waals surface area contributed by atoms with Gasteiger partial charge in [-0.1, -0.05) is 52.5 Å². The second-order valence-corrected chi connectivity index (χ2v) is 5.90. The molecule has 2 unspecified atom stereocenters. The maximum atomic E-state index is 10.9. The number of carboxylic acid groups (broad SMARTS) is 1. The molecule has 6 heteroatoms. The highest BCUT2D eigenvalue weighted by molar-refractivity contribution is 6.53. The van der Waals surface area contributed by atoms with Gasteiger partial charge in [0.25, 0.3) is 0 Å². The fourth-order valence-corrected chi connectivity index (χ4v) is 2.88. The molecule has 1 aromatic rings. The van der Waals surface area contributed by atoms with Gasteiger partial charge in [-0.15, -0.1) is 0 Å². The van der Waals surface area contributed by atoms with Gasteiger partial charge in [-0.25, -0.2) is 0 Å². The Bertz CT molecular complexity index is 458. The highest BCUT2D eigenvalue weighted by Crippen LogP contribution is 2.65. The predicted octanol–water partition coefficient (Wildman–Crippen LogP) is 3.97. The second kappa shape index (κ2) is 3.95. The van der Waals surface area contributed by atoms with Crippen LogP contribution in [-0.4, -0.2) is 15.4 Å². The molecule has 0 heterocycles. The molecule has 1 fully saturated rings. The van der Waals surface area contributed by atoms with E-state index in [0.717, 1.165) is 0 Å². The Morgan fingerprint density at radius 3 is 2.31 bits per heavy atom. The summed E-state index contributed by atoms with van der Waals surface area (Å²) >= 11 is 23.4. The van der Waals surface area contributed by atoms with Crippen LogP contribution in [0.5, 0.6) is 0 Å². The molecule has 0 aliphatic heterocycles. The van der Waals surface area contributed by atoms with Crippen LogP contribution in [0.25, 0.3) is 0 Å². The van der Waals surface area contributed by atoms with Crippen LogP contribution in [-0.2, 0) is 4.79 Å². The lowest BCUT2D eigenvalue weighted by atomic mass is 10.1. The molecule has 0 amide bonds. The Morgan fingerprint density at radius 2 is 1.88 bits per heavy atom. The number of halogens is 4. The van der Waals surface area contributed by atoms with E-state index in [0.29, 0.717) is 15.6 Å². The SMILES string of the molecule is O=C(O)C1C(c2ccc(Cl)c(Cl)c2)C1(Cl)Cl. The van der Waals surface area contributed by atoms with Gasteiger partial charge in [-0.2, -0.15) is 0 Å². The van der Waals surface area contributed by atoms with Crippen LogP contribution < -0.4 is 0 Å². The van der Waals surface area contributed by atoms with E-state index in [-0.39, 0.29) is 0 Å². The van der Waals surface area contributed by atoms with E-state index < -0.39 is 22.1 Å². The fourth-order valence-electron chi connectivity index (χ4n) is 1.75. The first-order chi connectivity index (χ1) is 7.35. The molecule has 1 aliphatic rings. The number of benzene rings is 1. The molecule has 16 heavy (non-hydrogen) atoms. The molecular weight excluding hydrogens is 294 g/mol. The first-order valence-electron chi connectivity index (χ1n) is 4.41. The average molecular weight is 300 g/mol. The maximum absolute atomic E-state index is 10.9. The van der Waals surface area contributed by atoms with Crippen molar-refractivity contribution in [2.24, 2.45) is 5.92 Å². The first-order valence-corrected chi connectivity index (χ1v) is 5.92. The monoisotopic (exact) mass is 298 g/mol. The number of aliphatic carboxylic acids is 1. The molecule has 1 aliphatic carbocycles. The van der Waals surface area contributed by atoms with Crippen molar-refractivity contribution >= 4 is 52.4 Å². The largest absolute Gasteiger partial charge is 0.481 e. The lowest BCUT2D eigenvalue weighted by Gasteiger charge is -2.02.